The summed E-state index contributed by atoms with van der Waals surface area (Å²) in [5.74, 6) is 0.956. The molecule has 0 spiro atoms. The predicted octanol–water partition coefficient (Wildman–Crippen LogP) is 1.60. The Balaban J connectivity index is 2.08. The lowest BCUT2D eigenvalue weighted by molar-refractivity contribution is -0.127. The van der Waals surface area contributed by atoms with Crippen LogP contribution in [0.3, 0.4) is 0 Å². The zero-order valence-corrected chi connectivity index (χ0v) is 11.4. The number of hydrogen-bond acceptors (Lipinski definition) is 4. The summed E-state index contributed by atoms with van der Waals surface area (Å²) in [5.41, 5.74) is 7.07. The van der Waals surface area contributed by atoms with E-state index in [1.54, 1.807) is 6.92 Å². The van der Waals surface area contributed by atoms with Gasteiger partial charge >= 0.3 is 0 Å². The highest BCUT2D eigenvalue weighted by atomic mass is 16.5. The van der Waals surface area contributed by atoms with E-state index in [1.807, 2.05) is 20.8 Å². The van der Waals surface area contributed by atoms with Crippen LogP contribution in [-0.2, 0) is 4.79 Å². The summed E-state index contributed by atoms with van der Waals surface area (Å²) in [5, 5.41) is 6.86. The van der Waals surface area contributed by atoms with Crippen molar-refractivity contribution in [1.29, 1.82) is 0 Å². The Kier molecular flexibility index (Phi) is 3.19. The number of nitrogens with zero attached hydrogens (tertiary/aromatic N) is 1. The lowest BCUT2D eigenvalue weighted by atomic mass is 9.95. The van der Waals surface area contributed by atoms with E-state index in [0.717, 1.165) is 29.9 Å². The summed E-state index contributed by atoms with van der Waals surface area (Å²) in [6.07, 6.45) is 2.08. The van der Waals surface area contributed by atoms with Crippen LogP contribution in [0.4, 0.5) is 0 Å². The maximum Gasteiger partial charge on any atom is 0.240 e. The van der Waals surface area contributed by atoms with E-state index < -0.39 is 5.54 Å². The maximum atomic E-state index is 12.2. The SMILES string of the molecule is Cc1noc(C)c1C(C)NC(=O)C(C)(N)C1CC1. The first-order valence-electron chi connectivity index (χ1n) is 6.36. The molecule has 5 nitrogen and oxygen atoms in total. The number of aromatic nitrogens is 1. The standard InChI is InChI=1S/C13H21N3O2/c1-7(11-8(2)16-18-9(11)3)15-12(17)13(4,14)10-5-6-10/h7,10H,5-6,14H2,1-4H3,(H,15,17). The fraction of sp³-hybridized carbons (Fsp3) is 0.692. The first-order chi connectivity index (χ1) is 8.34. The van der Waals surface area contributed by atoms with Crippen molar-refractivity contribution in [3.63, 3.8) is 0 Å². The van der Waals surface area contributed by atoms with Crippen LogP contribution in [0.2, 0.25) is 0 Å². The van der Waals surface area contributed by atoms with Crippen molar-refractivity contribution >= 4 is 5.91 Å². The highest BCUT2D eigenvalue weighted by Crippen LogP contribution is 2.38. The molecule has 5 heteroatoms. The quantitative estimate of drug-likeness (QED) is 0.851. The topological polar surface area (TPSA) is 81.2 Å². The van der Waals surface area contributed by atoms with Gasteiger partial charge in [0.15, 0.2) is 0 Å². The van der Waals surface area contributed by atoms with Crippen molar-refractivity contribution < 1.29 is 9.32 Å². The number of nitrogens with one attached hydrogen (secondary N) is 1. The number of amides is 1. The Bertz CT molecular complexity index is 441. The molecule has 1 aromatic heterocycles. The van der Waals surface area contributed by atoms with E-state index in [0.29, 0.717) is 5.92 Å². The Hall–Kier alpha value is -1.36. The summed E-state index contributed by atoms with van der Waals surface area (Å²) in [6, 6.07) is -0.134. The van der Waals surface area contributed by atoms with E-state index >= 15 is 0 Å². The Morgan fingerprint density at radius 3 is 2.61 bits per heavy atom. The van der Waals surface area contributed by atoms with Gasteiger partial charge in [-0.1, -0.05) is 5.16 Å². The van der Waals surface area contributed by atoms with Gasteiger partial charge in [0.2, 0.25) is 5.91 Å². The minimum absolute atomic E-state index is 0.0995. The lowest BCUT2D eigenvalue weighted by Gasteiger charge is -2.25. The summed E-state index contributed by atoms with van der Waals surface area (Å²) >= 11 is 0. The molecule has 0 aromatic carbocycles. The molecule has 1 fully saturated rings. The molecule has 2 unspecified atom stereocenters. The van der Waals surface area contributed by atoms with Gasteiger partial charge in [0, 0.05) is 5.56 Å². The molecule has 18 heavy (non-hydrogen) atoms. The van der Waals surface area contributed by atoms with Crippen LogP contribution in [0.25, 0.3) is 0 Å². The predicted molar refractivity (Wildman–Crippen MR) is 67.9 cm³/mol. The molecule has 1 aliphatic carbocycles. The molecule has 1 heterocycles. The highest BCUT2D eigenvalue weighted by Gasteiger charge is 2.44. The minimum atomic E-state index is -0.771. The molecule has 3 N–H and O–H groups in total. The molecule has 0 bridgehead atoms. The number of hydrogen-bond donors (Lipinski definition) is 2. The van der Waals surface area contributed by atoms with Gasteiger partial charge in [-0.25, -0.2) is 0 Å². The first kappa shape index (κ1) is 13.1. The molecule has 100 valence electrons. The van der Waals surface area contributed by atoms with Gasteiger partial charge < -0.3 is 15.6 Å². The van der Waals surface area contributed by atoms with Gasteiger partial charge in [-0.15, -0.1) is 0 Å². The van der Waals surface area contributed by atoms with Crippen molar-refractivity contribution in [2.75, 3.05) is 0 Å². The van der Waals surface area contributed by atoms with Gasteiger partial charge in [0.1, 0.15) is 5.76 Å². The van der Waals surface area contributed by atoms with Crippen molar-refractivity contribution in [2.45, 2.75) is 52.1 Å². The molecule has 1 amide bonds. The van der Waals surface area contributed by atoms with Crippen LogP contribution in [0.5, 0.6) is 0 Å². The first-order valence-corrected chi connectivity index (χ1v) is 6.36. The third-order valence-electron chi connectivity index (χ3n) is 3.78. The number of rotatable bonds is 4. The average Bonchev–Trinajstić information content (AvgIpc) is 3.06. The van der Waals surface area contributed by atoms with Crippen LogP contribution in [0.15, 0.2) is 4.52 Å². The van der Waals surface area contributed by atoms with E-state index in [4.69, 9.17) is 10.3 Å². The number of carbonyl (C=O) groups is 1. The fourth-order valence-electron chi connectivity index (χ4n) is 2.40. The minimum Gasteiger partial charge on any atom is -0.361 e. The van der Waals surface area contributed by atoms with E-state index in [9.17, 15) is 4.79 Å². The largest absolute Gasteiger partial charge is 0.361 e. The third-order valence-corrected chi connectivity index (χ3v) is 3.78. The van der Waals surface area contributed by atoms with Crippen molar-refractivity contribution in [2.24, 2.45) is 11.7 Å². The Labute approximate surface area is 107 Å². The smallest absolute Gasteiger partial charge is 0.240 e. The second-order valence-corrected chi connectivity index (χ2v) is 5.49. The van der Waals surface area contributed by atoms with Crippen LogP contribution in [0, 0.1) is 19.8 Å². The summed E-state index contributed by atoms with van der Waals surface area (Å²) in [4.78, 5) is 12.2. The van der Waals surface area contributed by atoms with E-state index in [1.165, 1.54) is 0 Å². The Morgan fingerprint density at radius 1 is 1.56 bits per heavy atom. The zero-order valence-electron chi connectivity index (χ0n) is 11.4. The summed E-state index contributed by atoms with van der Waals surface area (Å²) in [6.45, 7) is 7.45. The van der Waals surface area contributed by atoms with Crippen LogP contribution in [-0.4, -0.2) is 16.6 Å². The van der Waals surface area contributed by atoms with Crippen LogP contribution in [0.1, 0.15) is 49.7 Å². The zero-order chi connectivity index (χ0) is 13.5. The average molecular weight is 251 g/mol. The lowest BCUT2D eigenvalue weighted by Crippen LogP contribution is -2.53. The van der Waals surface area contributed by atoms with E-state index in [2.05, 4.69) is 10.5 Å². The third kappa shape index (κ3) is 2.27. The van der Waals surface area contributed by atoms with Gasteiger partial charge in [-0.2, -0.15) is 0 Å². The number of carbonyl (C=O) groups excluding carboxylic acids is 1. The molecule has 1 aromatic rings. The molecular formula is C13H21N3O2. The van der Waals surface area contributed by atoms with Gasteiger partial charge in [-0.05, 0) is 46.5 Å². The summed E-state index contributed by atoms with van der Waals surface area (Å²) < 4.78 is 5.11. The Morgan fingerprint density at radius 2 is 2.17 bits per heavy atom. The second-order valence-electron chi connectivity index (χ2n) is 5.49. The number of nitrogens with two attached hydrogens (primary N) is 1. The molecule has 2 atom stereocenters. The van der Waals surface area contributed by atoms with Crippen LogP contribution >= 0.6 is 0 Å². The van der Waals surface area contributed by atoms with E-state index in [-0.39, 0.29) is 11.9 Å². The summed E-state index contributed by atoms with van der Waals surface area (Å²) in [7, 11) is 0. The van der Waals surface area contributed by atoms with Crippen LogP contribution < -0.4 is 11.1 Å². The van der Waals surface area contributed by atoms with Gasteiger partial charge in [0.25, 0.3) is 0 Å². The van der Waals surface area contributed by atoms with Crippen molar-refractivity contribution in [3.8, 4) is 0 Å². The van der Waals surface area contributed by atoms with Crippen molar-refractivity contribution in [3.05, 3.63) is 17.0 Å². The van der Waals surface area contributed by atoms with Gasteiger partial charge in [0.05, 0.1) is 17.3 Å². The molecule has 0 radical (unpaired) electrons. The number of aryl methyl sites for hydroxylation is 2. The molecular weight excluding hydrogens is 230 g/mol. The monoisotopic (exact) mass is 251 g/mol. The maximum absolute atomic E-state index is 12.2. The highest BCUT2D eigenvalue weighted by molar-refractivity contribution is 5.86. The van der Waals surface area contributed by atoms with Crippen molar-refractivity contribution in [1.82, 2.24) is 10.5 Å². The molecule has 1 aliphatic rings. The second kappa shape index (κ2) is 4.39. The molecule has 0 saturated heterocycles. The fourth-order valence-corrected chi connectivity index (χ4v) is 2.40. The normalized spacial score (nSPS) is 20.3. The molecule has 2 rings (SSSR count). The molecule has 0 aliphatic heterocycles. The molecule has 1 saturated carbocycles. The van der Waals surface area contributed by atoms with Gasteiger partial charge in [-0.3, -0.25) is 4.79 Å².